The van der Waals surface area contributed by atoms with Crippen LogP contribution in [0.1, 0.15) is 0 Å². The summed E-state index contributed by atoms with van der Waals surface area (Å²) in [7, 11) is 1.49. The number of methoxy groups -OCH3 is 2. The lowest BCUT2D eigenvalue weighted by atomic mass is 10.1. The molecule has 1 unspecified atom stereocenters. The largest absolute Gasteiger partial charge is 0.497 e. The monoisotopic (exact) mass is 423 g/mol. The Morgan fingerprint density at radius 1 is 0.800 bits per heavy atom. The predicted octanol–water partition coefficient (Wildman–Crippen LogP) is 5.33. The van der Waals surface area contributed by atoms with E-state index in [-0.39, 0.29) is 5.22 Å². The Morgan fingerprint density at radius 3 is 1.87 bits per heavy atom. The summed E-state index contributed by atoms with van der Waals surface area (Å²) in [5.74, 6) is 1.50. The van der Waals surface area contributed by atoms with Crippen molar-refractivity contribution in [2.24, 2.45) is 0 Å². The highest BCUT2D eigenvalue weighted by molar-refractivity contribution is 7.84. The van der Waals surface area contributed by atoms with Crippen molar-refractivity contribution >= 4 is 10.8 Å². The molecular formula is C23H18FNO4S. The molecule has 0 bridgehead atoms. The molecule has 1 atom stereocenters. The van der Waals surface area contributed by atoms with Gasteiger partial charge >= 0.3 is 0 Å². The van der Waals surface area contributed by atoms with Gasteiger partial charge in [-0.1, -0.05) is 0 Å². The summed E-state index contributed by atoms with van der Waals surface area (Å²) in [6, 6.07) is 20.1. The van der Waals surface area contributed by atoms with Crippen LogP contribution in [-0.2, 0) is 10.8 Å². The molecule has 1 aromatic heterocycles. The van der Waals surface area contributed by atoms with E-state index in [1.807, 2.05) is 48.5 Å². The maximum atomic E-state index is 13.2. The van der Waals surface area contributed by atoms with E-state index in [9.17, 15) is 8.60 Å². The standard InChI is InChI=1S/C23H18FNO4S/c1-27-18-9-3-15(4-10-18)21-22(16-5-11-19(28-2)12-6-16)29-23(25-21)30(26)20-13-7-17(24)8-14-20/h3-14H,1-2H3. The van der Waals surface area contributed by atoms with Crippen molar-refractivity contribution in [3.8, 4) is 34.1 Å². The number of hydrogen-bond donors (Lipinski definition) is 0. The van der Waals surface area contributed by atoms with Gasteiger partial charge in [-0.15, -0.1) is 0 Å². The summed E-state index contributed by atoms with van der Waals surface area (Å²) in [4.78, 5) is 4.92. The van der Waals surface area contributed by atoms with E-state index in [0.717, 1.165) is 11.1 Å². The second kappa shape index (κ2) is 8.51. The minimum absolute atomic E-state index is 0.0400. The zero-order valence-corrected chi connectivity index (χ0v) is 17.1. The molecular weight excluding hydrogens is 405 g/mol. The number of ether oxygens (including phenoxy) is 2. The van der Waals surface area contributed by atoms with Crippen LogP contribution in [0.15, 0.2) is 87.3 Å². The molecule has 30 heavy (non-hydrogen) atoms. The third kappa shape index (κ3) is 3.97. The van der Waals surface area contributed by atoms with Gasteiger partial charge in [0.2, 0.25) is 0 Å². The second-order valence-electron chi connectivity index (χ2n) is 6.34. The quantitative estimate of drug-likeness (QED) is 0.419. The van der Waals surface area contributed by atoms with Crippen LogP contribution < -0.4 is 9.47 Å². The zero-order valence-electron chi connectivity index (χ0n) is 16.3. The van der Waals surface area contributed by atoms with Gasteiger partial charge in [0.05, 0.1) is 14.2 Å². The van der Waals surface area contributed by atoms with Crippen LogP contribution in [0.4, 0.5) is 4.39 Å². The number of aromatic nitrogens is 1. The fourth-order valence-corrected chi connectivity index (χ4v) is 3.84. The summed E-state index contributed by atoms with van der Waals surface area (Å²) in [5.41, 5.74) is 2.09. The van der Waals surface area contributed by atoms with E-state index in [4.69, 9.17) is 13.9 Å². The van der Waals surface area contributed by atoms with Crippen molar-refractivity contribution in [2.45, 2.75) is 10.1 Å². The molecule has 0 saturated carbocycles. The van der Waals surface area contributed by atoms with E-state index in [2.05, 4.69) is 4.98 Å². The molecule has 0 aliphatic heterocycles. The summed E-state index contributed by atoms with van der Waals surface area (Å²) in [6.07, 6.45) is 0. The average Bonchev–Trinajstić information content (AvgIpc) is 3.24. The van der Waals surface area contributed by atoms with E-state index in [1.54, 1.807) is 14.2 Å². The molecule has 1 heterocycles. The molecule has 4 rings (SSSR count). The Kier molecular flexibility index (Phi) is 5.63. The molecule has 0 radical (unpaired) electrons. The lowest BCUT2D eigenvalue weighted by Crippen LogP contribution is -1.93. The molecule has 152 valence electrons. The molecule has 0 amide bonds. The first-order valence-corrected chi connectivity index (χ1v) is 10.2. The molecule has 0 aliphatic rings. The van der Waals surface area contributed by atoms with Gasteiger partial charge in [0.15, 0.2) is 5.76 Å². The van der Waals surface area contributed by atoms with Gasteiger partial charge in [-0.05, 0) is 72.8 Å². The first kappa shape index (κ1) is 19.8. The van der Waals surface area contributed by atoms with Crippen LogP contribution in [-0.4, -0.2) is 23.4 Å². The predicted molar refractivity (Wildman–Crippen MR) is 112 cm³/mol. The number of rotatable bonds is 6. The topological polar surface area (TPSA) is 61.6 Å². The molecule has 0 spiro atoms. The number of benzene rings is 3. The Morgan fingerprint density at radius 2 is 1.33 bits per heavy atom. The maximum absolute atomic E-state index is 13.2. The highest BCUT2D eigenvalue weighted by Gasteiger charge is 2.22. The summed E-state index contributed by atoms with van der Waals surface area (Å²) < 4.78 is 42.6. The third-order valence-electron chi connectivity index (χ3n) is 4.51. The normalized spacial score (nSPS) is 11.8. The van der Waals surface area contributed by atoms with Gasteiger partial charge in [0.25, 0.3) is 5.22 Å². The van der Waals surface area contributed by atoms with Crippen LogP contribution >= 0.6 is 0 Å². The Hall–Kier alpha value is -3.45. The van der Waals surface area contributed by atoms with Crippen LogP contribution in [0.25, 0.3) is 22.6 Å². The first-order chi connectivity index (χ1) is 14.6. The summed E-state index contributed by atoms with van der Waals surface area (Å²) in [5, 5.41) is 0.0400. The molecule has 0 aliphatic carbocycles. The van der Waals surface area contributed by atoms with Crippen molar-refractivity contribution in [3.63, 3.8) is 0 Å². The lowest BCUT2D eigenvalue weighted by Gasteiger charge is -2.04. The molecule has 4 aromatic rings. The second-order valence-corrected chi connectivity index (χ2v) is 7.70. The van der Waals surface area contributed by atoms with Gasteiger partial charge in [0, 0.05) is 16.0 Å². The zero-order chi connectivity index (χ0) is 21.1. The van der Waals surface area contributed by atoms with Crippen molar-refractivity contribution in [2.75, 3.05) is 14.2 Å². The third-order valence-corrected chi connectivity index (χ3v) is 5.70. The SMILES string of the molecule is COc1ccc(-c2nc(S(=O)c3ccc(F)cc3)oc2-c2ccc(OC)cc2)cc1. The Labute approximate surface area is 175 Å². The van der Waals surface area contributed by atoms with E-state index < -0.39 is 16.6 Å². The van der Waals surface area contributed by atoms with E-state index in [0.29, 0.717) is 27.8 Å². The lowest BCUT2D eigenvalue weighted by molar-refractivity contribution is 0.414. The Balaban J connectivity index is 1.81. The molecule has 0 fully saturated rings. The van der Waals surface area contributed by atoms with Gasteiger partial charge in [-0.3, -0.25) is 0 Å². The van der Waals surface area contributed by atoms with Crippen LogP contribution in [0.2, 0.25) is 0 Å². The smallest absolute Gasteiger partial charge is 0.292 e. The molecule has 3 aromatic carbocycles. The van der Waals surface area contributed by atoms with Crippen molar-refractivity contribution in [1.82, 2.24) is 4.98 Å². The van der Waals surface area contributed by atoms with Crippen LogP contribution in [0.5, 0.6) is 11.5 Å². The van der Waals surface area contributed by atoms with Gasteiger partial charge < -0.3 is 13.9 Å². The molecule has 7 heteroatoms. The van der Waals surface area contributed by atoms with E-state index >= 15 is 0 Å². The Bertz CT molecular complexity index is 1100. The van der Waals surface area contributed by atoms with Crippen LogP contribution in [0.3, 0.4) is 0 Å². The minimum Gasteiger partial charge on any atom is -0.497 e. The molecule has 0 saturated heterocycles. The van der Waals surface area contributed by atoms with Gasteiger partial charge in [0.1, 0.15) is 33.8 Å². The number of oxazole rings is 1. The first-order valence-electron chi connectivity index (χ1n) is 9.06. The minimum atomic E-state index is -1.70. The molecule has 5 nitrogen and oxygen atoms in total. The molecule has 0 N–H and O–H groups in total. The average molecular weight is 423 g/mol. The number of halogens is 1. The van der Waals surface area contributed by atoms with Gasteiger partial charge in [-0.2, -0.15) is 0 Å². The summed E-state index contributed by atoms with van der Waals surface area (Å²) in [6.45, 7) is 0. The fourth-order valence-electron chi connectivity index (χ4n) is 2.92. The highest BCUT2D eigenvalue weighted by atomic mass is 32.2. The number of nitrogens with zero attached hydrogens (tertiary/aromatic N) is 1. The maximum Gasteiger partial charge on any atom is 0.292 e. The number of hydrogen-bond acceptors (Lipinski definition) is 5. The van der Waals surface area contributed by atoms with Gasteiger partial charge in [-0.25, -0.2) is 13.6 Å². The van der Waals surface area contributed by atoms with E-state index in [1.165, 1.54) is 24.3 Å². The van der Waals surface area contributed by atoms with Crippen molar-refractivity contribution < 1.29 is 22.5 Å². The van der Waals surface area contributed by atoms with Crippen LogP contribution in [0, 0.1) is 5.82 Å². The summed E-state index contributed by atoms with van der Waals surface area (Å²) >= 11 is 0. The van der Waals surface area contributed by atoms with Crippen molar-refractivity contribution in [1.29, 1.82) is 0 Å². The highest BCUT2D eigenvalue weighted by Crippen LogP contribution is 2.36. The fraction of sp³-hybridized carbons (Fsp3) is 0.0870. The van der Waals surface area contributed by atoms with Crippen molar-refractivity contribution in [3.05, 3.63) is 78.6 Å².